The summed E-state index contributed by atoms with van der Waals surface area (Å²) in [6.07, 6.45) is 3.91. The SMILES string of the molecule is O=C1Nc2cc(N3CC4CCC3C4)ccc2C1=O. The first-order valence-corrected chi connectivity index (χ1v) is 6.49. The van der Waals surface area contributed by atoms with E-state index in [9.17, 15) is 9.59 Å². The lowest BCUT2D eigenvalue weighted by atomic mass is 10.1. The molecule has 2 atom stereocenters. The van der Waals surface area contributed by atoms with Gasteiger partial charge in [-0.05, 0) is 43.4 Å². The minimum absolute atomic E-state index is 0.417. The van der Waals surface area contributed by atoms with E-state index in [1.54, 1.807) is 6.07 Å². The zero-order valence-corrected chi connectivity index (χ0v) is 9.98. The number of ketones is 1. The minimum atomic E-state index is -0.509. The molecule has 3 aliphatic rings. The van der Waals surface area contributed by atoms with Crippen molar-refractivity contribution in [2.75, 3.05) is 16.8 Å². The third kappa shape index (κ3) is 1.26. The second-order valence-corrected chi connectivity index (χ2v) is 5.50. The summed E-state index contributed by atoms with van der Waals surface area (Å²) in [5.74, 6) is -0.0935. The van der Waals surface area contributed by atoms with Gasteiger partial charge in [0.15, 0.2) is 0 Å². The number of anilines is 2. The molecule has 0 spiro atoms. The Morgan fingerprint density at radius 2 is 2.11 bits per heavy atom. The number of Topliss-reactive ketones (excluding diaryl/α,β-unsaturated/α-hetero) is 1. The molecule has 4 rings (SSSR count). The molecule has 2 fully saturated rings. The van der Waals surface area contributed by atoms with Crippen molar-refractivity contribution in [1.82, 2.24) is 0 Å². The van der Waals surface area contributed by atoms with Crippen molar-refractivity contribution in [3.8, 4) is 0 Å². The summed E-state index contributed by atoms with van der Waals surface area (Å²) in [4.78, 5) is 25.3. The molecule has 2 heterocycles. The van der Waals surface area contributed by atoms with Gasteiger partial charge >= 0.3 is 0 Å². The number of nitrogens with zero attached hydrogens (tertiary/aromatic N) is 1. The molecule has 1 aromatic carbocycles. The van der Waals surface area contributed by atoms with Gasteiger partial charge in [0.25, 0.3) is 11.7 Å². The molecule has 92 valence electrons. The first kappa shape index (κ1) is 10.1. The highest BCUT2D eigenvalue weighted by atomic mass is 16.2. The summed E-state index contributed by atoms with van der Waals surface area (Å²) < 4.78 is 0. The van der Waals surface area contributed by atoms with Crippen LogP contribution in [0.25, 0.3) is 0 Å². The van der Waals surface area contributed by atoms with Crippen LogP contribution in [-0.2, 0) is 4.79 Å². The molecule has 0 aromatic heterocycles. The van der Waals surface area contributed by atoms with Crippen LogP contribution in [0.1, 0.15) is 29.6 Å². The van der Waals surface area contributed by atoms with E-state index < -0.39 is 11.7 Å². The number of carbonyl (C=O) groups is 2. The average molecular weight is 242 g/mol. The largest absolute Gasteiger partial charge is 0.368 e. The molecule has 1 aliphatic carbocycles. The van der Waals surface area contributed by atoms with Crippen LogP contribution in [0.3, 0.4) is 0 Å². The molecule has 4 heteroatoms. The van der Waals surface area contributed by atoms with Gasteiger partial charge in [0.05, 0.1) is 11.3 Å². The van der Waals surface area contributed by atoms with Crippen LogP contribution < -0.4 is 10.2 Å². The predicted octanol–water partition coefficient (Wildman–Crippen LogP) is 1.81. The Labute approximate surface area is 105 Å². The van der Waals surface area contributed by atoms with Crippen LogP contribution >= 0.6 is 0 Å². The first-order chi connectivity index (χ1) is 8.72. The topological polar surface area (TPSA) is 49.4 Å². The number of piperidine rings is 1. The minimum Gasteiger partial charge on any atom is -0.368 e. The highest BCUT2D eigenvalue weighted by molar-refractivity contribution is 6.51. The van der Waals surface area contributed by atoms with Crippen LogP contribution in [0.2, 0.25) is 0 Å². The van der Waals surface area contributed by atoms with Crippen molar-refractivity contribution < 1.29 is 9.59 Å². The van der Waals surface area contributed by atoms with Gasteiger partial charge in [-0.15, -0.1) is 0 Å². The smallest absolute Gasteiger partial charge is 0.296 e. The lowest BCUT2D eigenvalue weighted by molar-refractivity contribution is -0.112. The second kappa shape index (κ2) is 3.34. The number of fused-ring (bicyclic) bond motifs is 3. The van der Waals surface area contributed by atoms with E-state index >= 15 is 0 Å². The van der Waals surface area contributed by atoms with Crippen molar-refractivity contribution in [3.05, 3.63) is 23.8 Å². The molecule has 4 nitrogen and oxygen atoms in total. The summed E-state index contributed by atoms with van der Waals surface area (Å²) in [5.41, 5.74) is 2.31. The van der Waals surface area contributed by atoms with Gasteiger partial charge in [-0.1, -0.05) is 0 Å². The number of amides is 1. The van der Waals surface area contributed by atoms with Crippen molar-refractivity contribution in [2.45, 2.75) is 25.3 Å². The van der Waals surface area contributed by atoms with Crippen molar-refractivity contribution in [2.24, 2.45) is 5.92 Å². The molecule has 18 heavy (non-hydrogen) atoms. The van der Waals surface area contributed by atoms with Gasteiger partial charge in [0.2, 0.25) is 0 Å². The number of benzene rings is 1. The third-order valence-electron chi connectivity index (χ3n) is 4.44. The van der Waals surface area contributed by atoms with Crippen molar-refractivity contribution in [3.63, 3.8) is 0 Å². The lowest BCUT2D eigenvalue weighted by Crippen LogP contribution is -2.31. The van der Waals surface area contributed by atoms with E-state index in [2.05, 4.69) is 10.2 Å². The summed E-state index contributed by atoms with van der Waals surface area (Å²) >= 11 is 0. The summed E-state index contributed by atoms with van der Waals surface area (Å²) in [5, 5.41) is 2.64. The number of hydrogen-bond donors (Lipinski definition) is 1. The number of carbonyl (C=O) groups excluding carboxylic acids is 2. The maximum absolute atomic E-state index is 11.5. The van der Waals surface area contributed by atoms with Gasteiger partial charge < -0.3 is 10.2 Å². The molecule has 1 aromatic rings. The fourth-order valence-electron chi connectivity index (χ4n) is 3.55. The lowest BCUT2D eigenvalue weighted by Gasteiger charge is -2.29. The third-order valence-corrected chi connectivity index (χ3v) is 4.44. The highest BCUT2D eigenvalue weighted by Crippen LogP contribution is 2.41. The molecule has 1 amide bonds. The van der Waals surface area contributed by atoms with E-state index in [-0.39, 0.29) is 0 Å². The van der Waals surface area contributed by atoms with Crippen LogP contribution in [0, 0.1) is 5.92 Å². The normalized spacial score (nSPS) is 28.8. The molecular formula is C14H14N2O2. The van der Waals surface area contributed by atoms with Gasteiger partial charge in [0, 0.05) is 18.3 Å². The Morgan fingerprint density at radius 1 is 1.22 bits per heavy atom. The van der Waals surface area contributed by atoms with Gasteiger partial charge in [-0.25, -0.2) is 0 Å². The Bertz CT molecular complexity index is 567. The molecule has 1 saturated heterocycles. The fraction of sp³-hybridized carbons (Fsp3) is 0.429. The number of rotatable bonds is 1. The fourth-order valence-corrected chi connectivity index (χ4v) is 3.55. The van der Waals surface area contributed by atoms with E-state index in [4.69, 9.17) is 0 Å². The van der Waals surface area contributed by atoms with Crippen LogP contribution in [0.4, 0.5) is 11.4 Å². The standard InChI is InChI=1S/C14H14N2O2/c17-13-11-4-3-10(6-12(11)15-14(13)18)16-7-8-1-2-9(16)5-8/h3-4,6,8-9H,1-2,5,7H2,(H,15,17,18). The molecule has 0 radical (unpaired) electrons. The molecule has 1 N–H and O–H groups in total. The summed E-state index contributed by atoms with van der Waals surface area (Å²) in [6.45, 7) is 1.12. The number of nitrogens with one attached hydrogen (secondary N) is 1. The van der Waals surface area contributed by atoms with E-state index in [1.165, 1.54) is 19.3 Å². The Morgan fingerprint density at radius 3 is 2.83 bits per heavy atom. The van der Waals surface area contributed by atoms with Crippen LogP contribution in [0.15, 0.2) is 18.2 Å². The van der Waals surface area contributed by atoms with Gasteiger partial charge in [-0.3, -0.25) is 9.59 Å². The predicted molar refractivity (Wildman–Crippen MR) is 67.9 cm³/mol. The molecular weight excluding hydrogens is 228 g/mol. The van der Waals surface area contributed by atoms with E-state index in [0.29, 0.717) is 17.3 Å². The molecule has 2 aliphatic heterocycles. The Balaban J connectivity index is 1.70. The maximum Gasteiger partial charge on any atom is 0.296 e. The van der Waals surface area contributed by atoms with Crippen LogP contribution in [0.5, 0.6) is 0 Å². The summed E-state index contributed by atoms with van der Waals surface area (Å²) in [7, 11) is 0. The molecule has 2 unspecified atom stereocenters. The average Bonchev–Trinajstić information content (AvgIpc) is 3.05. The number of hydrogen-bond acceptors (Lipinski definition) is 3. The van der Waals surface area contributed by atoms with E-state index in [1.807, 2.05) is 12.1 Å². The van der Waals surface area contributed by atoms with Crippen LogP contribution in [-0.4, -0.2) is 24.3 Å². The Hall–Kier alpha value is -1.84. The van der Waals surface area contributed by atoms with Gasteiger partial charge in [-0.2, -0.15) is 0 Å². The Kier molecular flexibility index (Phi) is 1.88. The monoisotopic (exact) mass is 242 g/mol. The summed E-state index contributed by atoms with van der Waals surface area (Å²) in [6, 6.07) is 6.34. The zero-order chi connectivity index (χ0) is 12.3. The zero-order valence-electron chi connectivity index (χ0n) is 9.98. The van der Waals surface area contributed by atoms with E-state index in [0.717, 1.165) is 18.2 Å². The van der Waals surface area contributed by atoms with Crippen molar-refractivity contribution in [1.29, 1.82) is 0 Å². The quantitative estimate of drug-likeness (QED) is 0.764. The molecule has 2 bridgehead atoms. The first-order valence-electron chi connectivity index (χ1n) is 6.49. The molecule has 1 saturated carbocycles. The second-order valence-electron chi connectivity index (χ2n) is 5.50. The highest BCUT2D eigenvalue weighted by Gasteiger charge is 2.38. The van der Waals surface area contributed by atoms with Gasteiger partial charge in [0.1, 0.15) is 0 Å². The van der Waals surface area contributed by atoms with Crippen molar-refractivity contribution >= 4 is 23.1 Å². The maximum atomic E-state index is 11.5.